The van der Waals surface area contributed by atoms with Crippen molar-refractivity contribution in [3.05, 3.63) is 41.5 Å². The van der Waals surface area contributed by atoms with Crippen LogP contribution in [-0.4, -0.2) is 52.4 Å². The standard InChI is InChI=1S/C22H33FN6/c1-2-6-21(28-15-13-27(14-16-28)20-7-4-3-5-8-20)22-24-25-26-29(22)17-18-9-11-19(23)12-10-18/h9-12,20-21H,2-8,13-17H2,1H3/p+2/t21-/m0/s1. The van der Waals surface area contributed by atoms with Crippen LogP contribution in [0.5, 0.6) is 0 Å². The quantitative estimate of drug-likeness (QED) is 0.721. The van der Waals surface area contributed by atoms with E-state index < -0.39 is 0 Å². The van der Waals surface area contributed by atoms with Gasteiger partial charge in [-0.15, -0.1) is 5.10 Å². The zero-order valence-electron chi connectivity index (χ0n) is 17.6. The average Bonchev–Trinajstić information content (AvgIpc) is 3.22. The van der Waals surface area contributed by atoms with Crippen molar-refractivity contribution in [2.45, 2.75) is 70.5 Å². The minimum atomic E-state index is -0.211. The van der Waals surface area contributed by atoms with E-state index in [0.717, 1.165) is 30.3 Å². The van der Waals surface area contributed by atoms with Crippen LogP contribution < -0.4 is 9.80 Å². The number of piperazine rings is 1. The van der Waals surface area contributed by atoms with E-state index in [4.69, 9.17) is 0 Å². The summed E-state index contributed by atoms with van der Waals surface area (Å²) < 4.78 is 15.1. The highest BCUT2D eigenvalue weighted by Crippen LogP contribution is 2.16. The largest absolute Gasteiger partial charge is 0.323 e. The number of hydrogen-bond donors (Lipinski definition) is 2. The van der Waals surface area contributed by atoms with Gasteiger partial charge in [0.2, 0.25) is 5.82 Å². The van der Waals surface area contributed by atoms with Gasteiger partial charge in [0, 0.05) is 6.42 Å². The lowest BCUT2D eigenvalue weighted by atomic mass is 9.93. The van der Waals surface area contributed by atoms with E-state index in [2.05, 4.69) is 22.4 Å². The first kappa shape index (κ1) is 20.4. The van der Waals surface area contributed by atoms with Crippen LogP contribution in [-0.2, 0) is 6.54 Å². The van der Waals surface area contributed by atoms with Crippen LogP contribution in [0.1, 0.15) is 69.3 Å². The molecule has 2 aliphatic rings. The lowest BCUT2D eigenvalue weighted by Gasteiger charge is -2.38. The fraction of sp³-hybridized carbons (Fsp3) is 0.682. The van der Waals surface area contributed by atoms with Gasteiger partial charge in [-0.25, -0.2) is 9.07 Å². The number of rotatable bonds is 7. The number of nitrogens with one attached hydrogen (secondary N) is 2. The van der Waals surface area contributed by atoms with Gasteiger partial charge in [0.1, 0.15) is 38.0 Å². The molecule has 158 valence electrons. The van der Waals surface area contributed by atoms with Gasteiger partial charge < -0.3 is 9.80 Å². The Morgan fingerprint density at radius 1 is 1.07 bits per heavy atom. The van der Waals surface area contributed by atoms with Crippen molar-refractivity contribution >= 4 is 0 Å². The van der Waals surface area contributed by atoms with Gasteiger partial charge in [-0.05, 0) is 53.8 Å². The molecule has 1 aliphatic carbocycles. The highest BCUT2D eigenvalue weighted by Gasteiger charge is 2.36. The van der Waals surface area contributed by atoms with Gasteiger partial charge in [-0.3, -0.25) is 0 Å². The van der Waals surface area contributed by atoms with Crippen LogP contribution in [0.4, 0.5) is 4.39 Å². The summed E-state index contributed by atoms with van der Waals surface area (Å²) in [5.74, 6) is 0.768. The summed E-state index contributed by atoms with van der Waals surface area (Å²) in [6, 6.07) is 7.86. The Morgan fingerprint density at radius 3 is 2.48 bits per heavy atom. The molecule has 1 saturated carbocycles. The predicted octanol–water partition coefficient (Wildman–Crippen LogP) is 0.818. The molecule has 2 aromatic rings. The molecule has 0 spiro atoms. The Kier molecular flexibility index (Phi) is 6.87. The van der Waals surface area contributed by atoms with Crippen LogP contribution in [0.15, 0.2) is 24.3 Å². The number of nitrogens with zero attached hydrogens (tertiary/aromatic N) is 4. The maximum Gasteiger partial charge on any atom is 0.209 e. The van der Waals surface area contributed by atoms with E-state index in [0.29, 0.717) is 12.6 Å². The van der Waals surface area contributed by atoms with E-state index in [1.165, 1.54) is 70.4 Å². The first-order valence-electron chi connectivity index (χ1n) is 11.4. The van der Waals surface area contributed by atoms with Crippen molar-refractivity contribution in [1.82, 2.24) is 20.2 Å². The number of tetrazole rings is 1. The zero-order chi connectivity index (χ0) is 20.1. The SMILES string of the molecule is CCC[C@@H](c1nnnn1Cc1ccc(F)cc1)[NH+]1CC[NH+](C2CCCCC2)CC1. The first-order chi connectivity index (χ1) is 14.2. The monoisotopic (exact) mass is 402 g/mol. The molecule has 0 amide bonds. The molecule has 29 heavy (non-hydrogen) atoms. The smallest absolute Gasteiger partial charge is 0.209 e. The van der Waals surface area contributed by atoms with E-state index >= 15 is 0 Å². The van der Waals surface area contributed by atoms with Gasteiger partial charge in [0.05, 0.1) is 12.6 Å². The summed E-state index contributed by atoms with van der Waals surface area (Å²) in [7, 11) is 0. The molecule has 4 rings (SSSR count). The number of halogens is 1. The Labute approximate surface area is 173 Å². The molecule has 1 atom stereocenters. The second-order valence-electron chi connectivity index (χ2n) is 8.81. The van der Waals surface area contributed by atoms with Gasteiger partial charge in [-0.2, -0.15) is 0 Å². The molecule has 6 nitrogen and oxygen atoms in total. The third-order valence-corrected chi connectivity index (χ3v) is 6.90. The van der Waals surface area contributed by atoms with Crippen LogP contribution in [0.3, 0.4) is 0 Å². The van der Waals surface area contributed by atoms with Crippen LogP contribution >= 0.6 is 0 Å². The number of quaternary nitrogens is 2. The third-order valence-electron chi connectivity index (χ3n) is 6.90. The van der Waals surface area contributed by atoms with Crippen molar-refractivity contribution in [3.63, 3.8) is 0 Å². The molecule has 1 aliphatic heterocycles. The molecular formula is C22H35FN6+2. The summed E-state index contributed by atoms with van der Waals surface area (Å²) in [4.78, 5) is 3.45. The maximum atomic E-state index is 13.2. The lowest BCUT2D eigenvalue weighted by molar-refractivity contribution is -1.04. The number of benzene rings is 1. The van der Waals surface area contributed by atoms with Gasteiger partial charge in [0.25, 0.3) is 0 Å². The predicted molar refractivity (Wildman–Crippen MR) is 109 cm³/mol. The van der Waals surface area contributed by atoms with Crippen molar-refractivity contribution in [3.8, 4) is 0 Å². The molecule has 0 unspecified atom stereocenters. The van der Waals surface area contributed by atoms with E-state index in [-0.39, 0.29) is 5.82 Å². The summed E-state index contributed by atoms with van der Waals surface area (Å²) in [5, 5.41) is 12.7. The molecule has 1 aromatic carbocycles. The molecule has 0 radical (unpaired) electrons. The molecule has 1 aromatic heterocycles. The van der Waals surface area contributed by atoms with Gasteiger partial charge >= 0.3 is 0 Å². The molecule has 0 bridgehead atoms. The van der Waals surface area contributed by atoms with Crippen molar-refractivity contribution in [2.75, 3.05) is 26.2 Å². The summed E-state index contributed by atoms with van der Waals surface area (Å²) >= 11 is 0. The lowest BCUT2D eigenvalue weighted by Crippen LogP contribution is -3.29. The normalized spacial score (nSPS) is 24.5. The zero-order valence-corrected chi connectivity index (χ0v) is 17.6. The Bertz CT molecular complexity index is 747. The molecule has 2 fully saturated rings. The second kappa shape index (κ2) is 9.76. The van der Waals surface area contributed by atoms with E-state index in [1.807, 2.05) is 21.7 Å². The molecule has 2 N–H and O–H groups in total. The van der Waals surface area contributed by atoms with Gasteiger partial charge in [-0.1, -0.05) is 31.9 Å². The second-order valence-corrected chi connectivity index (χ2v) is 8.81. The topological polar surface area (TPSA) is 52.5 Å². The minimum absolute atomic E-state index is 0.211. The minimum Gasteiger partial charge on any atom is -0.323 e. The van der Waals surface area contributed by atoms with E-state index in [1.54, 1.807) is 4.90 Å². The van der Waals surface area contributed by atoms with Crippen molar-refractivity contribution in [2.24, 2.45) is 0 Å². The molecule has 2 heterocycles. The fourth-order valence-electron chi connectivity index (χ4n) is 5.30. The van der Waals surface area contributed by atoms with Crippen LogP contribution in [0.2, 0.25) is 0 Å². The van der Waals surface area contributed by atoms with E-state index in [9.17, 15) is 4.39 Å². The number of hydrogen-bond acceptors (Lipinski definition) is 3. The number of aromatic nitrogens is 4. The van der Waals surface area contributed by atoms with Crippen LogP contribution in [0, 0.1) is 5.82 Å². The molecular weight excluding hydrogens is 367 g/mol. The fourth-order valence-corrected chi connectivity index (χ4v) is 5.30. The first-order valence-corrected chi connectivity index (χ1v) is 11.4. The molecule has 7 heteroatoms. The Morgan fingerprint density at radius 2 is 1.79 bits per heavy atom. The highest BCUT2D eigenvalue weighted by molar-refractivity contribution is 5.16. The summed E-state index contributed by atoms with van der Waals surface area (Å²) in [6.07, 6.45) is 9.31. The Hall–Kier alpha value is -1.86. The molecule has 1 saturated heterocycles. The Balaban J connectivity index is 1.43. The average molecular weight is 403 g/mol. The third kappa shape index (κ3) is 5.01. The summed E-state index contributed by atoms with van der Waals surface area (Å²) in [6.45, 7) is 7.75. The van der Waals surface area contributed by atoms with Crippen LogP contribution in [0.25, 0.3) is 0 Å². The highest BCUT2D eigenvalue weighted by atomic mass is 19.1. The summed E-state index contributed by atoms with van der Waals surface area (Å²) in [5.41, 5.74) is 1.02. The van der Waals surface area contributed by atoms with Crippen molar-refractivity contribution in [1.29, 1.82) is 0 Å². The van der Waals surface area contributed by atoms with Crippen molar-refractivity contribution < 1.29 is 14.2 Å². The van der Waals surface area contributed by atoms with Gasteiger partial charge in [0.15, 0.2) is 0 Å². The maximum absolute atomic E-state index is 13.2.